The Morgan fingerprint density at radius 1 is 1.77 bits per heavy atom. The molecular formula is C8H9ClN2O2. The number of hydrogen-bond donors (Lipinski definition) is 1. The van der Waals surface area contributed by atoms with Crippen molar-refractivity contribution in [3.8, 4) is 0 Å². The van der Waals surface area contributed by atoms with Gasteiger partial charge >= 0.3 is 5.97 Å². The lowest BCUT2D eigenvalue weighted by Crippen LogP contribution is -2.23. The van der Waals surface area contributed by atoms with E-state index < -0.39 is 12.0 Å². The van der Waals surface area contributed by atoms with Crippen LogP contribution in [-0.2, 0) is 9.53 Å². The van der Waals surface area contributed by atoms with Gasteiger partial charge in [-0.2, -0.15) is 0 Å². The second kappa shape index (κ2) is 4.20. The molecule has 0 fully saturated rings. The number of aromatic nitrogens is 1. The molecule has 0 aromatic carbocycles. The Hall–Kier alpha value is -1.13. The highest BCUT2D eigenvalue weighted by atomic mass is 35.5. The third-order valence-electron chi connectivity index (χ3n) is 1.52. The number of nitrogens with two attached hydrogens (primary N) is 1. The van der Waals surface area contributed by atoms with Crippen LogP contribution in [0.4, 0.5) is 0 Å². The van der Waals surface area contributed by atoms with Crippen molar-refractivity contribution >= 4 is 17.6 Å². The quantitative estimate of drug-likeness (QED) is 0.721. The fraction of sp³-hybridized carbons (Fsp3) is 0.250. The normalized spacial score (nSPS) is 12.2. The molecular weight excluding hydrogens is 192 g/mol. The summed E-state index contributed by atoms with van der Waals surface area (Å²) in [6, 6.07) is 2.27. The second-order valence-electron chi connectivity index (χ2n) is 2.40. The van der Waals surface area contributed by atoms with Crippen LogP contribution in [0.1, 0.15) is 11.7 Å². The van der Waals surface area contributed by atoms with Gasteiger partial charge in [0.2, 0.25) is 0 Å². The van der Waals surface area contributed by atoms with Crippen LogP contribution in [0.5, 0.6) is 0 Å². The predicted molar refractivity (Wildman–Crippen MR) is 48.2 cm³/mol. The topological polar surface area (TPSA) is 65.2 Å². The number of esters is 1. The first kappa shape index (κ1) is 9.95. The molecule has 1 aromatic heterocycles. The van der Waals surface area contributed by atoms with Crippen LogP contribution in [0.25, 0.3) is 0 Å². The van der Waals surface area contributed by atoms with Crippen molar-refractivity contribution in [2.45, 2.75) is 6.04 Å². The molecule has 13 heavy (non-hydrogen) atoms. The largest absolute Gasteiger partial charge is 0.468 e. The predicted octanol–water partition coefficient (Wildman–Crippen LogP) is 0.908. The molecule has 1 unspecified atom stereocenters. The minimum atomic E-state index is -0.872. The van der Waals surface area contributed by atoms with Gasteiger partial charge in [0.1, 0.15) is 6.04 Å². The second-order valence-corrected chi connectivity index (χ2v) is 2.84. The molecule has 0 bridgehead atoms. The molecule has 0 amide bonds. The monoisotopic (exact) mass is 200 g/mol. The van der Waals surface area contributed by atoms with Gasteiger partial charge < -0.3 is 10.5 Å². The summed E-state index contributed by atoms with van der Waals surface area (Å²) in [5.41, 5.74) is 5.92. The number of halogens is 1. The van der Waals surface area contributed by atoms with Gasteiger partial charge in [0.25, 0.3) is 0 Å². The van der Waals surface area contributed by atoms with Gasteiger partial charge in [0.15, 0.2) is 0 Å². The fourth-order valence-corrected chi connectivity index (χ4v) is 1.01. The molecule has 0 aliphatic heterocycles. The van der Waals surface area contributed by atoms with E-state index in [4.69, 9.17) is 17.3 Å². The summed E-state index contributed by atoms with van der Waals surface area (Å²) in [4.78, 5) is 14.9. The third-order valence-corrected chi connectivity index (χ3v) is 1.75. The third kappa shape index (κ3) is 2.40. The van der Waals surface area contributed by atoms with Gasteiger partial charge in [0, 0.05) is 11.2 Å². The molecule has 1 atom stereocenters. The van der Waals surface area contributed by atoms with Gasteiger partial charge in [-0.25, -0.2) is 4.79 Å². The summed E-state index contributed by atoms with van der Waals surface area (Å²) >= 11 is 5.69. The molecule has 1 rings (SSSR count). The van der Waals surface area contributed by atoms with Crippen molar-refractivity contribution in [1.29, 1.82) is 0 Å². The van der Waals surface area contributed by atoms with Crippen LogP contribution < -0.4 is 5.73 Å². The Bertz CT molecular complexity index is 317. The Morgan fingerprint density at radius 2 is 2.46 bits per heavy atom. The van der Waals surface area contributed by atoms with Crippen LogP contribution in [0.3, 0.4) is 0 Å². The van der Waals surface area contributed by atoms with Crippen molar-refractivity contribution in [1.82, 2.24) is 4.98 Å². The van der Waals surface area contributed by atoms with Gasteiger partial charge in [0.05, 0.1) is 12.8 Å². The zero-order valence-electron chi connectivity index (χ0n) is 7.03. The average molecular weight is 201 g/mol. The first-order valence-electron chi connectivity index (χ1n) is 3.60. The molecule has 4 nitrogen and oxygen atoms in total. The number of hydrogen-bond acceptors (Lipinski definition) is 4. The highest BCUT2D eigenvalue weighted by molar-refractivity contribution is 6.30. The molecule has 0 saturated carbocycles. The number of nitrogens with zero attached hydrogens (tertiary/aromatic N) is 1. The van der Waals surface area contributed by atoms with Crippen molar-refractivity contribution < 1.29 is 9.53 Å². The Balaban J connectivity index is 2.88. The summed E-state index contributed by atoms with van der Waals surface area (Å²) in [6.07, 6.45) is 1.49. The molecule has 0 aliphatic rings. The molecule has 5 heteroatoms. The van der Waals surface area contributed by atoms with Crippen LogP contribution >= 0.6 is 11.6 Å². The zero-order chi connectivity index (χ0) is 9.84. The van der Waals surface area contributed by atoms with Crippen molar-refractivity contribution in [2.24, 2.45) is 5.73 Å². The first-order chi connectivity index (χ1) is 6.15. The lowest BCUT2D eigenvalue weighted by molar-refractivity contribution is -0.142. The Kier molecular flexibility index (Phi) is 3.22. The van der Waals surface area contributed by atoms with Gasteiger partial charge in [-0.05, 0) is 12.1 Å². The van der Waals surface area contributed by atoms with E-state index in [1.54, 1.807) is 6.07 Å². The number of ether oxygens (including phenoxy) is 1. The van der Waals surface area contributed by atoms with Gasteiger partial charge in [-0.15, -0.1) is 0 Å². The summed E-state index contributed by atoms with van der Waals surface area (Å²) in [7, 11) is 1.27. The number of carbonyl (C=O) groups excluding carboxylic acids is 1. The van der Waals surface area contributed by atoms with Crippen molar-refractivity contribution in [3.63, 3.8) is 0 Å². The molecule has 70 valence electrons. The van der Waals surface area contributed by atoms with Gasteiger partial charge in [-0.1, -0.05) is 11.6 Å². The lowest BCUT2D eigenvalue weighted by Gasteiger charge is -2.07. The molecule has 1 aromatic rings. The van der Waals surface area contributed by atoms with E-state index in [-0.39, 0.29) is 0 Å². The van der Waals surface area contributed by atoms with E-state index in [0.29, 0.717) is 10.7 Å². The SMILES string of the molecule is COC(=O)C(N)c1cc(Cl)ccn1. The number of methoxy groups -OCH3 is 1. The maximum Gasteiger partial charge on any atom is 0.328 e. The first-order valence-corrected chi connectivity index (χ1v) is 3.98. The summed E-state index contributed by atoms with van der Waals surface area (Å²) in [5.74, 6) is -0.533. The standard InChI is InChI=1S/C8H9ClN2O2/c1-13-8(12)7(10)6-4-5(9)2-3-11-6/h2-4,7H,10H2,1H3. The Morgan fingerprint density at radius 3 is 3.00 bits per heavy atom. The molecule has 0 radical (unpaired) electrons. The summed E-state index contributed by atoms with van der Waals surface area (Å²) < 4.78 is 4.46. The molecule has 2 N–H and O–H groups in total. The van der Waals surface area contributed by atoms with Crippen molar-refractivity contribution in [2.75, 3.05) is 7.11 Å². The minimum Gasteiger partial charge on any atom is -0.468 e. The summed E-state index contributed by atoms with van der Waals surface area (Å²) in [5, 5.41) is 0.490. The highest BCUT2D eigenvalue weighted by Gasteiger charge is 2.17. The average Bonchev–Trinajstić information content (AvgIpc) is 2.15. The van der Waals surface area contributed by atoms with Crippen LogP contribution in [0.2, 0.25) is 5.02 Å². The molecule has 0 aliphatic carbocycles. The van der Waals surface area contributed by atoms with E-state index in [9.17, 15) is 4.79 Å². The van der Waals surface area contributed by atoms with E-state index >= 15 is 0 Å². The fourth-order valence-electron chi connectivity index (χ4n) is 0.839. The smallest absolute Gasteiger partial charge is 0.328 e. The molecule has 1 heterocycles. The maximum atomic E-state index is 11.0. The number of pyridine rings is 1. The van der Waals surface area contributed by atoms with E-state index in [1.807, 2.05) is 0 Å². The number of carbonyl (C=O) groups is 1. The van der Waals surface area contributed by atoms with E-state index in [1.165, 1.54) is 19.4 Å². The number of rotatable bonds is 2. The lowest BCUT2D eigenvalue weighted by atomic mass is 10.2. The molecule has 0 saturated heterocycles. The van der Waals surface area contributed by atoms with Crippen LogP contribution in [-0.4, -0.2) is 18.1 Å². The summed E-state index contributed by atoms with van der Waals surface area (Å²) in [6.45, 7) is 0. The van der Waals surface area contributed by atoms with E-state index in [0.717, 1.165) is 0 Å². The van der Waals surface area contributed by atoms with Crippen molar-refractivity contribution in [3.05, 3.63) is 29.0 Å². The Labute approximate surface area is 80.7 Å². The van der Waals surface area contributed by atoms with Crippen LogP contribution in [0.15, 0.2) is 18.3 Å². The maximum absolute atomic E-state index is 11.0. The van der Waals surface area contributed by atoms with Crippen LogP contribution in [0, 0.1) is 0 Å². The minimum absolute atomic E-state index is 0.402. The highest BCUT2D eigenvalue weighted by Crippen LogP contribution is 2.13. The molecule has 0 spiro atoms. The van der Waals surface area contributed by atoms with Gasteiger partial charge in [-0.3, -0.25) is 4.98 Å². The zero-order valence-corrected chi connectivity index (χ0v) is 7.78. The van der Waals surface area contributed by atoms with E-state index in [2.05, 4.69) is 9.72 Å².